The minimum absolute atomic E-state index is 0.535. The first-order valence-electron chi connectivity index (χ1n) is 3.10. The molecule has 0 bridgehead atoms. The number of thiol groups is 1. The smallest absolute Gasteiger partial charge is 0.304 e. The summed E-state index contributed by atoms with van der Waals surface area (Å²) in [5.74, 6) is -3.03. The molecule has 1 atom stereocenters. The highest BCUT2D eigenvalue weighted by Crippen LogP contribution is 2.09. The molecule has 5 heteroatoms. The van der Waals surface area contributed by atoms with Crippen LogP contribution in [0, 0.1) is 5.92 Å². The van der Waals surface area contributed by atoms with Crippen molar-refractivity contribution in [1.82, 2.24) is 0 Å². The van der Waals surface area contributed by atoms with E-state index in [-0.39, 0.29) is 0 Å². The van der Waals surface area contributed by atoms with Crippen LogP contribution in [0.3, 0.4) is 0 Å². The first-order valence-corrected chi connectivity index (χ1v) is 3.54. The Morgan fingerprint density at radius 3 is 2.25 bits per heavy atom. The summed E-state index contributed by atoms with van der Waals surface area (Å²) in [6.45, 7) is 3.14. The molecule has 0 aliphatic rings. The zero-order chi connectivity index (χ0) is 9.72. The number of allylic oxidation sites excluding steroid dienone is 1. The highest BCUT2D eigenvalue weighted by atomic mass is 32.1. The van der Waals surface area contributed by atoms with E-state index in [1.54, 1.807) is 0 Å². The van der Waals surface area contributed by atoms with Crippen molar-refractivity contribution in [2.45, 2.75) is 6.42 Å². The molecule has 0 radical (unpaired) electrons. The third-order valence-electron chi connectivity index (χ3n) is 1.22. The van der Waals surface area contributed by atoms with Gasteiger partial charge >= 0.3 is 5.97 Å². The molecule has 0 fully saturated rings. The second-order valence-corrected chi connectivity index (χ2v) is 2.54. The first-order chi connectivity index (χ1) is 5.49. The fourth-order valence-corrected chi connectivity index (χ4v) is 0.845. The third-order valence-corrected chi connectivity index (χ3v) is 1.53. The van der Waals surface area contributed by atoms with Gasteiger partial charge < -0.3 is 5.11 Å². The molecule has 0 heterocycles. The van der Waals surface area contributed by atoms with Crippen molar-refractivity contribution in [3.8, 4) is 0 Å². The lowest BCUT2D eigenvalue weighted by Gasteiger charge is -2.04. The predicted molar refractivity (Wildman–Crippen MR) is 44.9 cm³/mol. The SMILES string of the molecule is C=CC(=O)C(CC(=O)O)C(=O)S. The maximum absolute atomic E-state index is 10.8. The van der Waals surface area contributed by atoms with Crippen LogP contribution in [0.25, 0.3) is 0 Å². The van der Waals surface area contributed by atoms with Gasteiger partial charge in [0.2, 0.25) is 0 Å². The molecular formula is C7H8O4S. The van der Waals surface area contributed by atoms with Crippen LogP contribution in [-0.2, 0) is 14.4 Å². The molecule has 1 unspecified atom stereocenters. The molecule has 0 aromatic rings. The van der Waals surface area contributed by atoms with Gasteiger partial charge in [-0.25, -0.2) is 0 Å². The van der Waals surface area contributed by atoms with E-state index in [1.807, 2.05) is 0 Å². The quantitative estimate of drug-likeness (QED) is 0.369. The van der Waals surface area contributed by atoms with Gasteiger partial charge in [0.25, 0.3) is 0 Å². The van der Waals surface area contributed by atoms with Crippen molar-refractivity contribution >= 4 is 29.5 Å². The fourth-order valence-electron chi connectivity index (χ4n) is 0.626. The molecule has 0 rings (SSSR count). The van der Waals surface area contributed by atoms with Crippen LogP contribution in [0.5, 0.6) is 0 Å². The van der Waals surface area contributed by atoms with Gasteiger partial charge in [0, 0.05) is 0 Å². The summed E-state index contributed by atoms with van der Waals surface area (Å²) in [6, 6.07) is 0. The Hall–Kier alpha value is -1.10. The predicted octanol–water partition coefficient (Wildman–Crippen LogP) is 0.289. The van der Waals surface area contributed by atoms with Crippen LogP contribution in [0.15, 0.2) is 12.7 Å². The van der Waals surface area contributed by atoms with Crippen molar-refractivity contribution in [2.24, 2.45) is 5.92 Å². The number of hydrogen-bond acceptors (Lipinski definition) is 3. The Labute approximate surface area is 74.7 Å². The maximum atomic E-state index is 10.8. The molecule has 0 aliphatic carbocycles. The summed E-state index contributed by atoms with van der Waals surface area (Å²) < 4.78 is 0. The number of aliphatic carboxylic acids is 1. The highest BCUT2D eigenvalue weighted by molar-refractivity contribution is 7.96. The minimum Gasteiger partial charge on any atom is -0.481 e. The lowest BCUT2D eigenvalue weighted by Crippen LogP contribution is -2.21. The molecule has 0 aromatic carbocycles. The summed E-state index contributed by atoms with van der Waals surface area (Å²) in [5.41, 5.74) is 0. The third kappa shape index (κ3) is 3.34. The number of rotatable bonds is 5. The molecule has 0 spiro atoms. The number of hydrogen-bond donors (Lipinski definition) is 2. The largest absolute Gasteiger partial charge is 0.481 e. The molecular weight excluding hydrogens is 180 g/mol. The van der Waals surface area contributed by atoms with Gasteiger partial charge in [-0.3, -0.25) is 14.4 Å². The van der Waals surface area contributed by atoms with Gasteiger partial charge in [0.1, 0.15) is 5.92 Å². The van der Waals surface area contributed by atoms with E-state index >= 15 is 0 Å². The van der Waals surface area contributed by atoms with Crippen LogP contribution >= 0.6 is 12.6 Å². The summed E-state index contributed by atoms with van der Waals surface area (Å²) >= 11 is 3.39. The normalized spacial score (nSPS) is 11.8. The monoisotopic (exact) mass is 188 g/mol. The van der Waals surface area contributed by atoms with Crippen LogP contribution in [-0.4, -0.2) is 22.0 Å². The van der Waals surface area contributed by atoms with Gasteiger partial charge in [-0.2, -0.15) is 0 Å². The molecule has 1 N–H and O–H groups in total. The maximum Gasteiger partial charge on any atom is 0.304 e. The summed E-state index contributed by atoms with van der Waals surface area (Å²) in [6.07, 6.45) is 0.384. The van der Waals surface area contributed by atoms with E-state index in [2.05, 4.69) is 19.2 Å². The second-order valence-electron chi connectivity index (χ2n) is 2.10. The average molecular weight is 188 g/mol. The number of carbonyl (C=O) groups is 3. The average Bonchev–Trinajstić information content (AvgIpc) is 1.98. The Morgan fingerprint density at radius 2 is 2.00 bits per heavy atom. The van der Waals surface area contributed by atoms with E-state index in [4.69, 9.17) is 5.11 Å². The fraction of sp³-hybridized carbons (Fsp3) is 0.286. The Bertz CT molecular complexity index is 234. The van der Waals surface area contributed by atoms with Crippen molar-refractivity contribution < 1.29 is 19.5 Å². The molecule has 0 aromatic heterocycles. The molecule has 4 nitrogen and oxygen atoms in total. The van der Waals surface area contributed by atoms with Gasteiger partial charge in [-0.1, -0.05) is 6.58 Å². The van der Waals surface area contributed by atoms with E-state index in [9.17, 15) is 14.4 Å². The standard InChI is InChI=1S/C7H8O4S/c1-2-5(8)4(7(11)12)3-6(9)10/h2,4H,1,3H2,(H,9,10)(H,11,12). The van der Waals surface area contributed by atoms with E-state index < -0.39 is 29.2 Å². The minimum atomic E-state index is -1.21. The van der Waals surface area contributed by atoms with Gasteiger partial charge in [0.15, 0.2) is 10.9 Å². The van der Waals surface area contributed by atoms with E-state index in [0.717, 1.165) is 6.08 Å². The molecule has 0 saturated heterocycles. The summed E-state index contributed by atoms with van der Waals surface area (Å²) in [4.78, 5) is 31.6. The summed E-state index contributed by atoms with van der Waals surface area (Å²) in [5, 5.41) is 7.56. The molecule has 0 amide bonds. The van der Waals surface area contributed by atoms with Crippen LogP contribution in [0.4, 0.5) is 0 Å². The van der Waals surface area contributed by atoms with E-state index in [1.165, 1.54) is 0 Å². The Morgan fingerprint density at radius 1 is 1.50 bits per heavy atom. The lowest BCUT2D eigenvalue weighted by molar-refractivity contribution is -0.141. The van der Waals surface area contributed by atoms with Crippen LogP contribution in [0.2, 0.25) is 0 Å². The van der Waals surface area contributed by atoms with Crippen LogP contribution in [0.1, 0.15) is 6.42 Å². The zero-order valence-electron chi connectivity index (χ0n) is 6.19. The van der Waals surface area contributed by atoms with Gasteiger partial charge in [-0.15, -0.1) is 12.6 Å². The van der Waals surface area contributed by atoms with Gasteiger partial charge in [-0.05, 0) is 6.08 Å². The van der Waals surface area contributed by atoms with Crippen molar-refractivity contribution in [3.63, 3.8) is 0 Å². The topological polar surface area (TPSA) is 71.4 Å². The molecule has 66 valence electrons. The lowest BCUT2D eigenvalue weighted by atomic mass is 10.0. The van der Waals surface area contributed by atoms with Gasteiger partial charge in [0.05, 0.1) is 6.42 Å². The second kappa shape index (κ2) is 4.71. The number of carboxylic acids is 1. The Kier molecular flexibility index (Phi) is 4.28. The number of carbonyl (C=O) groups excluding carboxylic acids is 2. The Balaban J connectivity index is 4.43. The zero-order valence-corrected chi connectivity index (χ0v) is 7.08. The number of carboxylic acid groups (broad SMARTS) is 1. The molecule has 0 aliphatic heterocycles. The highest BCUT2D eigenvalue weighted by Gasteiger charge is 2.24. The summed E-state index contributed by atoms with van der Waals surface area (Å²) in [7, 11) is 0. The molecule has 12 heavy (non-hydrogen) atoms. The number of ketones is 1. The van der Waals surface area contributed by atoms with Crippen molar-refractivity contribution in [3.05, 3.63) is 12.7 Å². The molecule has 0 saturated carbocycles. The van der Waals surface area contributed by atoms with Crippen molar-refractivity contribution in [2.75, 3.05) is 0 Å². The van der Waals surface area contributed by atoms with Crippen LogP contribution < -0.4 is 0 Å². The van der Waals surface area contributed by atoms with E-state index in [0.29, 0.717) is 0 Å². The van der Waals surface area contributed by atoms with Crippen molar-refractivity contribution in [1.29, 1.82) is 0 Å². The first kappa shape index (κ1) is 10.9.